The van der Waals surface area contributed by atoms with E-state index in [2.05, 4.69) is 53.6 Å². The molecule has 0 bridgehead atoms. The molecule has 0 amide bonds. The predicted octanol–water partition coefficient (Wildman–Crippen LogP) is 3.35. The summed E-state index contributed by atoms with van der Waals surface area (Å²) in [6.45, 7) is 5.00. The molecule has 26 heavy (non-hydrogen) atoms. The van der Waals surface area contributed by atoms with Crippen LogP contribution in [0, 0.1) is 5.92 Å². The maximum absolute atomic E-state index is 6.10. The lowest BCUT2D eigenvalue weighted by Crippen LogP contribution is -2.23. The van der Waals surface area contributed by atoms with Gasteiger partial charge < -0.3 is 15.2 Å². The van der Waals surface area contributed by atoms with Gasteiger partial charge in [-0.1, -0.05) is 30.3 Å². The first-order chi connectivity index (χ1) is 12.8. The molecule has 2 atom stereocenters. The SMILES string of the molecule is CSc1cc2c(cc1CN1C[C@@H](CN)[C@H](c3ccccc3)C1)OCCO2. The highest BCUT2D eigenvalue weighted by Gasteiger charge is 2.33. The molecule has 2 N–H and O–H groups in total. The molecule has 138 valence electrons. The topological polar surface area (TPSA) is 47.7 Å². The van der Waals surface area contributed by atoms with Crippen molar-refractivity contribution in [3.05, 3.63) is 53.6 Å². The highest BCUT2D eigenvalue weighted by Crippen LogP contribution is 2.39. The molecule has 2 aliphatic heterocycles. The van der Waals surface area contributed by atoms with Crippen molar-refractivity contribution >= 4 is 11.8 Å². The number of benzene rings is 2. The molecular formula is C21H26N2O2S. The molecule has 0 unspecified atom stereocenters. The van der Waals surface area contributed by atoms with Crippen LogP contribution in [0.1, 0.15) is 17.0 Å². The van der Waals surface area contributed by atoms with Crippen LogP contribution in [0.4, 0.5) is 0 Å². The summed E-state index contributed by atoms with van der Waals surface area (Å²) in [5.41, 5.74) is 8.81. The van der Waals surface area contributed by atoms with Gasteiger partial charge in [0.05, 0.1) is 0 Å². The van der Waals surface area contributed by atoms with Gasteiger partial charge in [-0.2, -0.15) is 0 Å². The molecule has 0 radical (unpaired) electrons. The lowest BCUT2D eigenvalue weighted by molar-refractivity contribution is 0.170. The van der Waals surface area contributed by atoms with Gasteiger partial charge in [-0.05, 0) is 42.0 Å². The van der Waals surface area contributed by atoms with Crippen LogP contribution >= 0.6 is 11.8 Å². The van der Waals surface area contributed by atoms with Crippen LogP contribution in [-0.2, 0) is 6.54 Å². The number of fused-ring (bicyclic) bond motifs is 1. The van der Waals surface area contributed by atoms with Gasteiger partial charge in [-0.3, -0.25) is 4.90 Å². The highest BCUT2D eigenvalue weighted by atomic mass is 32.2. The zero-order chi connectivity index (χ0) is 17.9. The van der Waals surface area contributed by atoms with Gasteiger partial charge in [0.1, 0.15) is 13.2 Å². The molecule has 2 aromatic carbocycles. The number of ether oxygens (including phenoxy) is 2. The molecule has 1 fully saturated rings. The Morgan fingerprint density at radius 1 is 1.08 bits per heavy atom. The Morgan fingerprint density at radius 3 is 2.50 bits per heavy atom. The fraction of sp³-hybridized carbons (Fsp3) is 0.429. The Morgan fingerprint density at radius 2 is 1.81 bits per heavy atom. The minimum absolute atomic E-state index is 0.507. The summed E-state index contributed by atoms with van der Waals surface area (Å²) in [5.74, 6) is 2.76. The van der Waals surface area contributed by atoms with Crippen LogP contribution in [0.25, 0.3) is 0 Å². The van der Waals surface area contributed by atoms with Crippen molar-refractivity contribution < 1.29 is 9.47 Å². The molecular weight excluding hydrogens is 344 g/mol. The van der Waals surface area contributed by atoms with E-state index in [0.717, 1.165) is 37.7 Å². The van der Waals surface area contributed by atoms with Crippen LogP contribution in [0.5, 0.6) is 11.5 Å². The average Bonchev–Trinajstić information content (AvgIpc) is 3.11. The van der Waals surface area contributed by atoms with Crippen molar-refractivity contribution in [1.82, 2.24) is 4.90 Å². The second-order valence-electron chi connectivity index (χ2n) is 7.01. The molecule has 4 nitrogen and oxygen atoms in total. The molecule has 2 heterocycles. The van der Waals surface area contributed by atoms with E-state index < -0.39 is 0 Å². The third kappa shape index (κ3) is 3.56. The van der Waals surface area contributed by atoms with E-state index in [0.29, 0.717) is 25.0 Å². The van der Waals surface area contributed by atoms with E-state index in [1.807, 2.05) is 0 Å². The molecule has 4 rings (SSSR count). The molecule has 0 saturated carbocycles. The zero-order valence-electron chi connectivity index (χ0n) is 15.2. The van der Waals surface area contributed by atoms with E-state index >= 15 is 0 Å². The molecule has 5 heteroatoms. The van der Waals surface area contributed by atoms with E-state index in [-0.39, 0.29) is 0 Å². The van der Waals surface area contributed by atoms with Crippen molar-refractivity contribution in [3.63, 3.8) is 0 Å². The number of hydrogen-bond donors (Lipinski definition) is 1. The highest BCUT2D eigenvalue weighted by molar-refractivity contribution is 7.98. The van der Waals surface area contributed by atoms with E-state index in [1.54, 1.807) is 11.8 Å². The second-order valence-corrected chi connectivity index (χ2v) is 7.86. The van der Waals surface area contributed by atoms with Crippen molar-refractivity contribution in [2.45, 2.75) is 17.4 Å². The van der Waals surface area contributed by atoms with Crippen LogP contribution in [-0.4, -0.2) is 44.0 Å². The summed E-state index contributed by atoms with van der Waals surface area (Å²) in [6, 6.07) is 15.1. The van der Waals surface area contributed by atoms with E-state index in [1.165, 1.54) is 16.0 Å². The Balaban J connectivity index is 1.54. The largest absolute Gasteiger partial charge is 0.486 e. The average molecular weight is 371 g/mol. The van der Waals surface area contributed by atoms with Gasteiger partial charge in [-0.15, -0.1) is 11.8 Å². The standard InChI is InChI=1S/C21H26N2O2S/c1-26-21-10-20-19(24-7-8-25-20)9-16(21)12-23-13-17(11-22)18(14-23)15-5-3-2-4-6-15/h2-6,9-10,17-18H,7-8,11-14,22H2,1H3/t17-,18+/m1/s1. The first-order valence-electron chi connectivity index (χ1n) is 9.22. The third-order valence-corrected chi connectivity index (χ3v) is 6.21. The monoisotopic (exact) mass is 370 g/mol. The third-order valence-electron chi connectivity index (χ3n) is 5.39. The zero-order valence-corrected chi connectivity index (χ0v) is 16.0. The summed E-state index contributed by atoms with van der Waals surface area (Å²) in [6.07, 6.45) is 2.12. The molecule has 1 saturated heterocycles. The summed E-state index contributed by atoms with van der Waals surface area (Å²) >= 11 is 1.77. The predicted molar refractivity (Wildman–Crippen MR) is 106 cm³/mol. The fourth-order valence-electron chi connectivity index (χ4n) is 4.07. The van der Waals surface area contributed by atoms with Gasteiger partial charge in [0.2, 0.25) is 0 Å². The smallest absolute Gasteiger partial charge is 0.162 e. The minimum Gasteiger partial charge on any atom is -0.486 e. The van der Waals surface area contributed by atoms with Gasteiger partial charge in [-0.25, -0.2) is 0 Å². The molecule has 0 aromatic heterocycles. The van der Waals surface area contributed by atoms with Crippen molar-refractivity contribution in [2.75, 3.05) is 39.1 Å². The van der Waals surface area contributed by atoms with Crippen LogP contribution in [0.3, 0.4) is 0 Å². The second kappa shape index (κ2) is 7.91. The number of rotatable bonds is 5. The Bertz CT molecular complexity index is 753. The first-order valence-corrected chi connectivity index (χ1v) is 10.4. The van der Waals surface area contributed by atoms with E-state index in [9.17, 15) is 0 Å². The molecule has 0 aliphatic carbocycles. The van der Waals surface area contributed by atoms with Gasteiger partial charge in [0.25, 0.3) is 0 Å². The number of nitrogens with two attached hydrogens (primary N) is 1. The maximum atomic E-state index is 6.10. The number of nitrogens with zero attached hydrogens (tertiary/aromatic N) is 1. The summed E-state index contributed by atoms with van der Waals surface area (Å²) in [7, 11) is 0. The summed E-state index contributed by atoms with van der Waals surface area (Å²) in [4.78, 5) is 3.79. The van der Waals surface area contributed by atoms with E-state index in [4.69, 9.17) is 15.2 Å². The summed E-state index contributed by atoms with van der Waals surface area (Å²) in [5, 5.41) is 0. The fourth-order valence-corrected chi connectivity index (χ4v) is 4.68. The minimum atomic E-state index is 0.507. The van der Waals surface area contributed by atoms with Crippen molar-refractivity contribution in [3.8, 4) is 11.5 Å². The quantitative estimate of drug-likeness (QED) is 0.818. The van der Waals surface area contributed by atoms with Crippen molar-refractivity contribution in [1.29, 1.82) is 0 Å². The first kappa shape index (κ1) is 17.7. The number of likely N-dealkylation sites (tertiary alicyclic amines) is 1. The lowest BCUT2D eigenvalue weighted by atomic mass is 9.89. The number of thioether (sulfide) groups is 1. The Kier molecular flexibility index (Phi) is 5.38. The van der Waals surface area contributed by atoms with Crippen molar-refractivity contribution in [2.24, 2.45) is 11.7 Å². The van der Waals surface area contributed by atoms with Gasteiger partial charge in [0, 0.05) is 30.4 Å². The molecule has 2 aliphatic rings. The van der Waals surface area contributed by atoms with Crippen LogP contribution in [0.2, 0.25) is 0 Å². The van der Waals surface area contributed by atoms with Gasteiger partial charge in [0.15, 0.2) is 11.5 Å². The molecule has 0 spiro atoms. The molecule has 2 aromatic rings. The normalized spacial score (nSPS) is 22.5. The summed E-state index contributed by atoms with van der Waals surface area (Å²) < 4.78 is 11.5. The Labute approximate surface area is 159 Å². The number of hydrogen-bond acceptors (Lipinski definition) is 5. The lowest BCUT2D eigenvalue weighted by Gasteiger charge is -2.23. The van der Waals surface area contributed by atoms with Crippen LogP contribution < -0.4 is 15.2 Å². The maximum Gasteiger partial charge on any atom is 0.162 e. The van der Waals surface area contributed by atoms with Crippen LogP contribution in [0.15, 0.2) is 47.4 Å². The van der Waals surface area contributed by atoms with Gasteiger partial charge >= 0.3 is 0 Å². The Hall–Kier alpha value is -1.69.